The molecule has 0 aromatic heterocycles. The zero-order valence-electron chi connectivity index (χ0n) is 18.5. The van der Waals surface area contributed by atoms with Gasteiger partial charge in [0.2, 0.25) is 5.91 Å². The van der Waals surface area contributed by atoms with E-state index >= 15 is 0 Å². The van der Waals surface area contributed by atoms with Gasteiger partial charge in [0.1, 0.15) is 17.5 Å². The summed E-state index contributed by atoms with van der Waals surface area (Å²) in [6.45, 7) is 0. The van der Waals surface area contributed by atoms with Crippen LogP contribution in [-0.4, -0.2) is 43.3 Å². The van der Waals surface area contributed by atoms with E-state index in [1.54, 1.807) is 44.6 Å². The molecule has 170 valence electrons. The van der Waals surface area contributed by atoms with Gasteiger partial charge in [0, 0.05) is 0 Å². The number of phenols is 1. The molecule has 0 bridgehead atoms. The van der Waals surface area contributed by atoms with Crippen LogP contribution < -0.4 is 19.6 Å². The van der Waals surface area contributed by atoms with E-state index < -0.39 is 11.9 Å². The fourth-order valence-electron chi connectivity index (χ4n) is 3.95. The van der Waals surface area contributed by atoms with Crippen LogP contribution in [0.25, 0.3) is 0 Å². The van der Waals surface area contributed by atoms with Crippen molar-refractivity contribution in [2.75, 3.05) is 21.3 Å². The molecule has 8 nitrogen and oxygen atoms in total. The lowest BCUT2D eigenvalue weighted by Crippen LogP contribution is -2.51. The number of benzene rings is 3. The van der Waals surface area contributed by atoms with Crippen LogP contribution >= 0.6 is 0 Å². The highest BCUT2D eigenvalue weighted by molar-refractivity contribution is 5.98. The van der Waals surface area contributed by atoms with Gasteiger partial charge < -0.3 is 19.3 Å². The molecule has 0 unspecified atom stereocenters. The molecular formula is C25H24N2O6. The first kappa shape index (κ1) is 22.0. The standard InChI is InChI=1S/C25H24N2O6/c1-31-17-10-8-15(9-11-17)24-19-14-22(33-3)21(32-2)12-16(19)13-23(29)27(24)26-25(30)18-6-4-5-7-20(18)28/h4-12,14,24,28H,13H2,1-3H3,(H,26,30)/t24-/m1/s1. The molecule has 3 aromatic rings. The first-order valence-electron chi connectivity index (χ1n) is 10.3. The highest BCUT2D eigenvalue weighted by Gasteiger charge is 2.36. The molecule has 1 atom stereocenters. The van der Waals surface area contributed by atoms with Gasteiger partial charge in [-0.05, 0) is 53.1 Å². The Labute approximate surface area is 191 Å². The SMILES string of the molecule is COc1ccc([C@@H]2c3cc(OC)c(OC)cc3CC(=O)N2NC(=O)c2ccccc2O)cc1. The number of amides is 2. The van der Waals surface area contributed by atoms with E-state index in [9.17, 15) is 14.7 Å². The van der Waals surface area contributed by atoms with Crippen molar-refractivity contribution in [1.82, 2.24) is 10.4 Å². The highest BCUT2D eigenvalue weighted by atomic mass is 16.5. The number of para-hydroxylation sites is 1. The monoisotopic (exact) mass is 448 g/mol. The van der Waals surface area contributed by atoms with E-state index in [0.717, 1.165) is 16.7 Å². The predicted molar refractivity (Wildman–Crippen MR) is 121 cm³/mol. The highest BCUT2D eigenvalue weighted by Crippen LogP contribution is 2.41. The van der Waals surface area contributed by atoms with E-state index in [1.807, 2.05) is 18.2 Å². The third kappa shape index (κ3) is 4.15. The predicted octanol–water partition coefficient (Wildman–Crippen LogP) is 3.24. The van der Waals surface area contributed by atoms with Crippen molar-refractivity contribution in [2.45, 2.75) is 12.5 Å². The zero-order valence-corrected chi connectivity index (χ0v) is 18.5. The van der Waals surface area contributed by atoms with E-state index in [0.29, 0.717) is 17.2 Å². The summed E-state index contributed by atoms with van der Waals surface area (Å²) in [5.74, 6) is 0.619. The number of carbonyl (C=O) groups is 2. The van der Waals surface area contributed by atoms with Gasteiger partial charge in [0.15, 0.2) is 11.5 Å². The first-order chi connectivity index (χ1) is 16.0. The summed E-state index contributed by atoms with van der Waals surface area (Å²) in [6, 6.07) is 16.4. The number of hydrogen-bond donors (Lipinski definition) is 2. The molecule has 1 aliphatic rings. The average molecular weight is 448 g/mol. The molecule has 0 aliphatic carbocycles. The molecule has 1 aliphatic heterocycles. The van der Waals surface area contributed by atoms with Crippen LogP contribution in [0.4, 0.5) is 0 Å². The number of methoxy groups -OCH3 is 3. The van der Waals surface area contributed by atoms with Crippen LogP contribution in [0.1, 0.15) is 33.1 Å². The van der Waals surface area contributed by atoms with Gasteiger partial charge in [0.25, 0.3) is 5.91 Å². The second-order valence-electron chi connectivity index (χ2n) is 7.48. The topological polar surface area (TPSA) is 97.3 Å². The maximum atomic E-state index is 13.2. The summed E-state index contributed by atoms with van der Waals surface area (Å²) >= 11 is 0. The number of rotatable bonds is 6. The lowest BCUT2D eigenvalue weighted by molar-refractivity contribution is -0.136. The number of nitrogens with one attached hydrogen (secondary N) is 1. The minimum absolute atomic E-state index is 0.0589. The Morgan fingerprint density at radius 3 is 2.27 bits per heavy atom. The zero-order chi connectivity index (χ0) is 23.5. The van der Waals surface area contributed by atoms with Crippen LogP contribution in [0.5, 0.6) is 23.0 Å². The van der Waals surface area contributed by atoms with Crippen molar-refractivity contribution in [3.8, 4) is 23.0 Å². The van der Waals surface area contributed by atoms with Crippen LogP contribution in [0, 0.1) is 0 Å². The van der Waals surface area contributed by atoms with Gasteiger partial charge in [-0.3, -0.25) is 15.0 Å². The van der Waals surface area contributed by atoms with Gasteiger partial charge in [-0.2, -0.15) is 0 Å². The number of hydrogen-bond acceptors (Lipinski definition) is 6. The molecule has 8 heteroatoms. The minimum Gasteiger partial charge on any atom is -0.507 e. The minimum atomic E-state index is -0.637. The number of ether oxygens (including phenoxy) is 3. The lowest BCUT2D eigenvalue weighted by atomic mass is 9.88. The number of fused-ring (bicyclic) bond motifs is 1. The van der Waals surface area contributed by atoms with E-state index in [-0.39, 0.29) is 23.6 Å². The quantitative estimate of drug-likeness (QED) is 0.601. The Morgan fingerprint density at radius 2 is 1.64 bits per heavy atom. The number of aromatic hydroxyl groups is 1. The Balaban J connectivity index is 1.81. The van der Waals surface area contributed by atoms with Gasteiger partial charge >= 0.3 is 0 Å². The van der Waals surface area contributed by atoms with Gasteiger partial charge in [0.05, 0.1) is 33.3 Å². The molecule has 1 heterocycles. The summed E-state index contributed by atoms with van der Waals surface area (Å²) in [7, 11) is 4.65. The third-order valence-corrected chi connectivity index (χ3v) is 5.61. The van der Waals surface area contributed by atoms with Crippen molar-refractivity contribution in [3.63, 3.8) is 0 Å². The molecule has 2 amide bonds. The average Bonchev–Trinajstić information content (AvgIpc) is 2.84. The summed E-state index contributed by atoms with van der Waals surface area (Å²) in [5.41, 5.74) is 5.07. The van der Waals surface area contributed by atoms with Gasteiger partial charge in [-0.1, -0.05) is 24.3 Å². The first-order valence-corrected chi connectivity index (χ1v) is 10.3. The normalized spacial score (nSPS) is 14.9. The van der Waals surface area contributed by atoms with Crippen LogP contribution in [-0.2, 0) is 11.2 Å². The number of hydrazine groups is 1. The smallest absolute Gasteiger partial charge is 0.273 e. The number of phenolic OH excluding ortho intramolecular Hbond substituents is 1. The van der Waals surface area contributed by atoms with Crippen molar-refractivity contribution in [2.24, 2.45) is 0 Å². The van der Waals surface area contributed by atoms with E-state index in [1.165, 1.54) is 24.3 Å². The fourth-order valence-corrected chi connectivity index (χ4v) is 3.95. The number of carbonyl (C=O) groups excluding carboxylic acids is 2. The van der Waals surface area contributed by atoms with Crippen molar-refractivity contribution in [3.05, 3.63) is 82.9 Å². The van der Waals surface area contributed by atoms with Crippen LogP contribution in [0.3, 0.4) is 0 Å². The molecular weight excluding hydrogens is 424 g/mol. The van der Waals surface area contributed by atoms with Crippen molar-refractivity contribution < 1.29 is 28.9 Å². The summed E-state index contributed by atoms with van der Waals surface area (Å²) in [5, 5.41) is 11.4. The second-order valence-corrected chi connectivity index (χ2v) is 7.48. The molecule has 0 radical (unpaired) electrons. The van der Waals surface area contributed by atoms with Crippen molar-refractivity contribution in [1.29, 1.82) is 0 Å². The lowest BCUT2D eigenvalue weighted by Gasteiger charge is -2.37. The molecule has 3 aromatic carbocycles. The van der Waals surface area contributed by atoms with Gasteiger partial charge in [-0.25, -0.2) is 5.01 Å². The molecule has 0 saturated carbocycles. The van der Waals surface area contributed by atoms with Crippen LogP contribution in [0.15, 0.2) is 60.7 Å². The van der Waals surface area contributed by atoms with Crippen LogP contribution in [0.2, 0.25) is 0 Å². The Morgan fingerprint density at radius 1 is 0.970 bits per heavy atom. The second kappa shape index (κ2) is 9.12. The van der Waals surface area contributed by atoms with Gasteiger partial charge in [-0.15, -0.1) is 0 Å². The summed E-state index contributed by atoms with van der Waals surface area (Å²) in [6.07, 6.45) is 0.0589. The van der Waals surface area contributed by atoms with Crippen molar-refractivity contribution >= 4 is 11.8 Å². The third-order valence-electron chi connectivity index (χ3n) is 5.61. The Hall–Kier alpha value is -4.20. The molecule has 0 saturated heterocycles. The molecule has 4 rings (SSSR count). The van der Waals surface area contributed by atoms with E-state index in [2.05, 4.69) is 5.43 Å². The van der Waals surface area contributed by atoms with E-state index in [4.69, 9.17) is 14.2 Å². The maximum absolute atomic E-state index is 13.2. The summed E-state index contributed by atoms with van der Waals surface area (Å²) < 4.78 is 16.2. The Bertz CT molecular complexity index is 1190. The maximum Gasteiger partial charge on any atom is 0.273 e. The number of nitrogens with zero attached hydrogens (tertiary/aromatic N) is 1. The largest absolute Gasteiger partial charge is 0.507 e. The summed E-state index contributed by atoms with van der Waals surface area (Å²) in [4.78, 5) is 26.2. The Kier molecular flexibility index (Phi) is 6.08. The molecule has 2 N–H and O–H groups in total. The molecule has 0 fully saturated rings. The molecule has 0 spiro atoms. The molecule has 33 heavy (non-hydrogen) atoms. The fraction of sp³-hybridized carbons (Fsp3) is 0.200.